The molecular formula is C19H31N5O4. The fraction of sp³-hybridized carbons (Fsp3) is 0.737. The third-order valence-corrected chi connectivity index (χ3v) is 5.61. The molecule has 2 aliphatic rings. The van der Waals surface area contributed by atoms with Gasteiger partial charge in [-0.15, -0.1) is 0 Å². The SMILES string of the molecule is CCCCn1c(N)c(N(C(=O)CN2CCOCC2)C2CCCC2)c(=O)[nH]c1=O. The Kier molecular flexibility index (Phi) is 6.90. The highest BCUT2D eigenvalue weighted by atomic mass is 16.5. The van der Waals surface area contributed by atoms with Gasteiger partial charge in [-0.25, -0.2) is 4.79 Å². The summed E-state index contributed by atoms with van der Waals surface area (Å²) in [6, 6.07) is -0.0610. The van der Waals surface area contributed by atoms with E-state index in [0.717, 1.165) is 38.5 Å². The molecule has 156 valence electrons. The largest absolute Gasteiger partial charge is 0.383 e. The zero-order valence-electron chi connectivity index (χ0n) is 16.6. The maximum Gasteiger partial charge on any atom is 0.330 e. The number of carbonyl (C=O) groups is 1. The number of aromatic amines is 1. The zero-order valence-corrected chi connectivity index (χ0v) is 16.6. The zero-order chi connectivity index (χ0) is 20.1. The number of anilines is 2. The summed E-state index contributed by atoms with van der Waals surface area (Å²) in [7, 11) is 0. The number of hydrogen-bond donors (Lipinski definition) is 2. The number of nitrogens with zero attached hydrogens (tertiary/aromatic N) is 3. The Morgan fingerprint density at radius 1 is 1.25 bits per heavy atom. The maximum atomic E-state index is 13.3. The van der Waals surface area contributed by atoms with Crippen molar-refractivity contribution < 1.29 is 9.53 Å². The van der Waals surface area contributed by atoms with E-state index in [2.05, 4.69) is 4.98 Å². The average Bonchev–Trinajstić information content (AvgIpc) is 3.19. The predicted molar refractivity (Wildman–Crippen MR) is 108 cm³/mol. The maximum absolute atomic E-state index is 13.3. The van der Waals surface area contributed by atoms with Crippen molar-refractivity contribution in [1.29, 1.82) is 0 Å². The molecule has 0 aromatic carbocycles. The van der Waals surface area contributed by atoms with Crippen molar-refractivity contribution in [3.63, 3.8) is 0 Å². The van der Waals surface area contributed by atoms with Crippen LogP contribution >= 0.6 is 0 Å². The highest BCUT2D eigenvalue weighted by molar-refractivity contribution is 5.97. The van der Waals surface area contributed by atoms with Crippen molar-refractivity contribution in [1.82, 2.24) is 14.5 Å². The fourth-order valence-corrected chi connectivity index (χ4v) is 4.05. The van der Waals surface area contributed by atoms with Crippen LogP contribution in [0.2, 0.25) is 0 Å². The molecule has 3 rings (SSSR count). The molecule has 1 aromatic rings. The van der Waals surface area contributed by atoms with Crippen LogP contribution in [0.25, 0.3) is 0 Å². The standard InChI is InChI=1S/C19H31N5O4/c1-2-3-8-23-17(20)16(18(26)21-19(23)27)24(14-6-4-5-7-14)15(25)13-22-9-11-28-12-10-22/h14H,2-13,20H2,1H3,(H,21,26,27). The first-order valence-electron chi connectivity index (χ1n) is 10.3. The van der Waals surface area contributed by atoms with Gasteiger partial charge in [-0.05, 0) is 19.3 Å². The Labute approximate surface area is 164 Å². The first-order chi connectivity index (χ1) is 13.5. The van der Waals surface area contributed by atoms with Gasteiger partial charge < -0.3 is 15.4 Å². The number of aromatic nitrogens is 2. The van der Waals surface area contributed by atoms with Crippen molar-refractivity contribution >= 4 is 17.4 Å². The molecule has 1 aliphatic carbocycles. The number of morpholine rings is 1. The summed E-state index contributed by atoms with van der Waals surface area (Å²) in [4.78, 5) is 44.2. The number of rotatable bonds is 7. The second kappa shape index (κ2) is 9.38. The van der Waals surface area contributed by atoms with E-state index in [1.54, 1.807) is 4.90 Å². The van der Waals surface area contributed by atoms with Gasteiger partial charge in [-0.2, -0.15) is 0 Å². The monoisotopic (exact) mass is 393 g/mol. The lowest BCUT2D eigenvalue weighted by Gasteiger charge is -2.33. The number of nitrogen functional groups attached to an aromatic ring is 1. The quantitative estimate of drug-likeness (QED) is 0.698. The number of nitrogens with one attached hydrogen (secondary N) is 1. The molecule has 1 aromatic heterocycles. The van der Waals surface area contributed by atoms with Gasteiger partial charge >= 0.3 is 5.69 Å². The van der Waals surface area contributed by atoms with E-state index in [0.29, 0.717) is 32.8 Å². The van der Waals surface area contributed by atoms with Crippen LogP contribution < -0.4 is 21.9 Å². The first-order valence-corrected chi connectivity index (χ1v) is 10.3. The Morgan fingerprint density at radius 3 is 2.57 bits per heavy atom. The number of hydrogen-bond acceptors (Lipinski definition) is 6. The summed E-state index contributed by atoms with van der Waals surface area (Å²) < 4.78 is 6.73. The van der Waals surface area contributed by atoms with Crippen LogP contribution in [0.5, 0.6) is 0 Å². The molecule has 1 saturated heterocycles. The highest BCUT2D eigenvalue weighted by Crippen LogP contribution is 2.29. The van der Waals surface area contributed by atoms with E-state index in [4.69, 9.17) is 10.5 Å². The number of ether oxygens (including phenoxy) is 1. The summed E-state index contributed by atoms with van der Waals surface area (Å²) in [5, 5.41) is 0. The average molecular weight is 393 g/mol. The van der Waals surface area contributed by atoms with E-state index in [1.165, 1.54) is 4.57 Å². The second-order valence-electron chi connectivity index (χ2n) is 7.59. The summed E-state index contributed by atoms with van der Waals surface area (Å²) in [6.45, 7) is 5.22. The number of amides is 1. The van der Waals surface area contributed by atoms with Gasteiger partial charge in [0.2, 0.25) is 5.91 Å². The molecule has 0 bridgehead atoms. The Balaban J connectivity index is 1.96. The molecular weight excluding hydrogens is 362 g/mol. The molecule has 0 unspecified atom stereocenters. The minimum absolute atomic E-state index is 0.0610. The van der Waals surface area contributed by atoms with Gasteiger partial charge in [0.15, 0.2) is 5.69 Å². The fourth-order valence-electron chi connectivity index (χ4n) is 4.05. The van der Waals surface area contributed by atoms with Crippen LogP contribution in [0.1, 0.15) is 45.4 Å². The number of H-pyrrole nitrogens is 1. The molecule has 3 N–H and O–H groups in total. The molecule has 28 heavy (non-hydrogen) atoms. The van der Waals surface area contributed by atoms with Crippen LogP contribution in [0.15, 0.2) is 9.59 Å². The highest BCUT2D eigenvalue weighted by Gasteiger charge is 2.33. The van der Waals surface area contributed by atoms with Gasteiger partial charge in [0.1, 0.15) is 5.82 Å². The van der Waals surface area contributed by atoms with Crippen molar-refractivity contribution in [2.75, 3.05) is 43.5 Å². The third kappa shape index (κ3) is 4.47. The summed E-state index contributed by atoms with van der Waals surface area (Å²) in [6.07, 6.45) is 5.35. The van der Waals surface area contributed by atoms with Gasteiger partial charge in [-0.1, -0.05) is 26.2 Å². The van der Waals surface area contributed by atoms with Crippen LogP contribution in [0.3, 0.4) is 0 Å². The smallest absolute Gasteiger partial charge is 0.330 e. The molecule has 9 heteroatoms. The number of nitrogens with two attached hydrogens (primary N) is 1. The van der Waals surface area contributed by atoms with Gasteiger partial charge in [-0.3, -0.25) is 24.0 Å². The van der Waals surface area contributed by atoms with Crippen molar-refractivity contribution in [3.8, 4) is 0 Å². The van der Waals surface area contributed by atoms with Crippen molar-refractivity contribution in [2.24, 2.45) is 0 Å². The lowest BCUT2D eigenvalue weighted by Crippen LogP contribution is -2.50. The minimum atomic E-state index is -0.586. The summed E-state index contributed by atoms with van der Waals surface area (Å²) in [5.74, 6) is -0.0592. The Hall–Kier alpha value is -2.13. The lowest BCUT2D eigenvalue weighted by molar-refractivity contribution is -0.121. The molecule has 9 nitrogen and oxygen atoms in total. The Morgan fingerprint density at radius 2 is 1.93 bits per heavy atom. The molecule has 0 radical (unpaired) electrons. The van der Waals surface area contributed by atoms with Crippen molar-refractivity contribution in [3.05, 3.63) is 20.8 Å². The topological polar surface area (TPSA) is 114 Å². The molecule has 2 fully saturated rings. The molecule has 1 aliphatic heterocycles. The van der Waals surface area contributed by atoms with E-state index in [-0.39, 0.29) is 30.0 Å². The van der Waals surface area contributed by atoms with Crippen molar-refractivity contribution in [2.45, 2.75) is 58.0 Å². The summed E-state index contributed by atoms with van der Waals surface area (Å²) >= 11 is 0. The second-order valence-corrected chi connectivity index (χ2v) is 7.59. The van der Waals surface area contributed by atoms with Crippen LogP contribution in [0.4, 0.5) is 11.5 Å². The van der Waals surface area contributed by atoms with Crippen LogP contribution in [-0.4, -0.2) is 59.2 Å². The molecule has 0 spiro atoms. The van der Waals surface area contributed by atoms with Crippen LogP contribution in [0, 0.1) is 0 Å². The van der Waals surface area contributed by atoms with E-state index >= 15 is 0 Å². The molecule has 1 saturated carbocycles. The first kappa shape index (κ1) is 20.6. The van der Waals surface area contributed by atoms with Gasteiger partial charge in [0.25, 0.3) is 5.56 Å². The predicted octanol–water partition coefficient (Wildman–Crippen LogP) is 0.527. The van der Waals surface area contributed by atoms with Crippen LogP contribution in [-0.2, 0) is 16.1 Å². The Bertz CT molecular complexity index is 790. The molecule has 1 amide bonds. The van der Waals surface area contributed by atoms with Gasteiger partial charge in [0.05, 0.1) is 19.8 Å². The molecule has 0 atom stereocenters. The van der Waals surface area contributed by atoms with Gasteiger partial charge in [0, 0.05) is 25.7 Å². The van der Waals surface area contributed by atoms with E-state index in [1.807, 2.05) is 11.8 Å². The van der Waals surface area contributed by atoms with E-state index in [9.17, 15) is 14.4 Å². The third-order valence-electron chi connectivity index (χ3n) is 5.61. The molecule has 2 heterocycles. The normalized spacial score (nSPS) is 18.5. The minimum Gasteiger partial charge on any atom is -0.383 e. The number of unbranched alkanes of at least 4 members (excludes halogenated alkanes) is 1. The van der Waals surface area contributed by atoms with E-state index < -0.39 is 11.2 Å². The lowest BCUT2D eigenvalue weighted by atomic mass is 10.1. The number of carbonyl (C=O) groups excluding carboxylic acids is 1. The summed E-state index contributed by atoms with van der Waals surface area (Å²) in [5.41, 5.74) is 5.30.